The van der Waals surface area contributed by atoms with Gasteiger partial charge in [-0.3, -0.25) is 19.4 Å². The van der Waals surface area contributed by atoms with Crippen molar-refractivity contribution in [3.8, 4) is 0 Å². The van der Waals surface area contributed by atoms with E-state index in [-0.39, 0.29) is 17.8 Å². The third kappa shape index (κ3) is 10.4. The molecule has 0 radical (unpaired) electrons. The Kier molecular flexibility index (Phi) is 12.9. The highest BCUT2D eigenvalue weighted by Gasteiger charge is 2.31. The molecule has 184 valence electrons. The summed E-state index contributed by atoms with van der Waals surface area (Å²) in [6.07, 6.45) is 1.37. The van der Waals surface area contributed by atoms with Gasteiger partial charge in [0.15, 0.2) is 5.96 Å². The number of aliphatic imine (C=N–C) groups is 1. The zero-order valence-electron chi connectivity index (χ0n) is 19.6. The maximum absolute atomic E-state index is 12.7. The summed E-state index contributed by atoms with van der Waals surface area (Å²) in [7, 11) is 0. The number of rotatable bonds is 14. The molecule has 0 bridgehead atoms. The lowest BCUT2D eigenvalue weighted by Gasteiger charge is -2.26. The van der Waals surface area contributed by atoms with Gasteiger partial charge in [0.25, 0.3) is 0 Å². The van der Waals surface area contributed by atoms with Crippen LogP contribution in [0, 0.1) is 11.8 Å². The number of amides is 3. The molecule has 0 aromatic rings. The summed E-state index contributed by atoms with van der Waals surface area (Å²) in [5.41, 5.74) is 16.4. The first-order chi connectivity index (χ1) is 14.8. The van der Waals surface area contributed by atoms with Gasteiger partial charge in [-0.1, -0.05) is 34.1 Å². The average molecular weight is 458 g/mol. The summed E-state index contributed by atoms with van der Waals surface area (Å²) in [6.45, 7) is 8.79. The number of carboxylic acids is 1. The zero-order chi connectivity index (χ0) is 25.0. The number of carbonyl (C=O) groups excluding carboxylic acids is 3. The predicted octanol–water partition coefficient (Wildman–Crippen LogP) is -1.37. The molecule has 5 atom stereocenters. The number of hydrogen-bond acceptors (Lipinski definition) is 6. The van der Waals surface area contributed by atoms with Crippen molar-refractivity contribution in [2.45, 2.75) is 78.0 Å². The van der Waals surface area contributed by atoms with E-state index in [2.05, 4.69) is 20.9 Å². The van der Waals surface area contributed by atoms with Crippen LogP contribution >= 0.6 is 0 Å². The molecule has 0 fully saturated rings. The monoisotopic (exact) mass is 457 g/mol. The molecule has 12 nitrogen and oxygen atoms in total. The van der Waals surface area contributed by atoms with Crippen LogP contribution in [0.4, 0.5) is 0 Å². The molecule has 3 amide bonds. The van der Waals surface area contributed by atoms with Crippen molar-refractivity contribution in [1.82, 2.24) is 16.0 Å². The second-order valence-electron chi connectivity index (χ2n) is 8.23. The van der Waals surface area contributed by atoms with E-state index in [0.717, 1.165) is 0 Å². The molecule has 0 saturated carbocycles. The Balaban J connectivity index is 4.94. The Morgan fingerprint density at radius 3 is 1.94 bits per heavy atom. The van der Waals surface area contributed by atoms with Gasteiger partial charge in [-0.05, 0) is 31.6 Å². The SMILES string of the molecule is CCC(C)C(NC(=O)C(C)NC(=O)C(NC(=O)C(N)CCCN=C(N)N)C(C)C)C(=O)O. The number of carboxylic acid groups (broad SMARTS) is 1. The van der Waals surface area contributed by atoms with E-state index in [9.17, 15) is 24.3 Å². The van der Waals surface area contributed by atoms with Crippen molar-refractivity contribution in [3.63, 3.8) is 0 Å². The quantitative estimate of drug-likeness (QED) is 0.0935. The zero-order valence-corrected chi connectivity index (χ0v) is 19.6. The Bertz CT molecular complexity index is 679. The van der Waals surface area contributed by atoms with Crippen LogP contribution in [-0.2, 0) is 19.2 Å². The number of hydrogen-bond donors (Lipinski definition) is 7. The maximum atomic E-state index is 12.7. The lowest BCUT2D eigenvalue weighted by atomic mass is 9.99. The van der Waals surface area contributed by atoms with Crippen LogP contribution in [-0.4, -0.2) is 65.5 Å². The van der Waals surface area contributed by atoms with Crippen LogP contribution in [0.5, 0.6) is 0 Å². The smallest absolute Gasteiger partial charge is 0.326 e. The summed E-state index contributed by atoms with van der Waals surface area (Å²) < 4.78 is 0. The van der Waals surface area contributed by atoms with Gasteiger partial charge >= 0.3 is 5.97 Å². The fourth-order valence-corrected chi connectivity index (χ4v) is 2.78. The molecule has 0 heterocycles. The first kappa shape index (κ1) is 29.1. The second-order valence-corrected chi connectivity index (χ2v) is 8.23. The van der Waals surface area contributed by atoms with Gasteiger partial charge in [0.1, 0.15) is 18.1 Å². The van der Waals surface area contributed by atoms with Crippen LogP contribution in [0.3, 0.4) is 0 Å². The lowest BCUT2D eigenvalue weighted by Crippen LogP contribution is -2.58. The van der Waals surface area contributed by atoms with Crippen LogP contribution in [0.1, 0.15) is 53.9 Å². The maximum Gasteiger partial charge on any atom is 0.326 e. The Hall–Kier alpha value is -2.89. The highest BCUT2D eigenvalue weighted by atomic mass is 16.4. The summed E-state index contributed by atoms with van der Waals surface area (Å²) in [4.78, 5) is 52.7. The summed E-state index contributed by atoms with van der Waals surface area (Å²) in [5.74, 6) is -3.46. The fraction of sp³-hybridized carbons (Fsp3) is 0.750. The van der Waals surface area contributed by atoms with E-state index in [1.165, 1.54) is 6.92 Å². The highest BCUT2D eigenvalue weighted by molar-refractivity contribution is 5.94. The minimum absolute atomic E-state index is 0.0449. The normalized spacial score (nSPS) is 15.6. The molecule has 0 rings (SSSR count). The van der Waals surface area contributed by atoms with Crippen molar-refractivity contribution >= 4 is 29.7 Å². The molecule has 0 aromatic heterocycles. The van der Waals surface area contributed by atoms with E-state index < -0.39 is 47.9 Å². The van der Waals surface area contributed by atoms with Gasteiger partial charge in [0.2, 0.25) is 17.7 Å². The van der Waals surface area contributed by atoms with Gasteiger partial charge in [-0.25, -0.2) is 4.79 Å². The van der Waals surface area contributed by atoms with Gasteiger partial charge in [0, 0.05) is 6.54 Å². The number of carbonyl (C=O) groups is 4. The standard InChI is InChI=1S/C20H39N7O5/c1-6-11(4)15(19(31)32)27-16(28)12(5)25-18(30)14(10(2)3)26-17(29)13(21)8-7-9-24-20(22)23/h10-15H,6-9,21H2,1-5H3,(H,25,30)(H,26,29)(H,27,28)(H,31,32)(H4,22,23,24). The van der Waals surface area contributed by atoms with E-state index >= 15 is 0 Å². The van der Waals surface area contributed by atoms with E-state index in [1.54, 1.807) is 20.8 Å². The summed E-state index contributed by atoms with van der Waals surface area (Å²) in [6, 6.07) is -3.85. The van der Waals surface area contributed by atoms with Crippen molar-refractivity contribution in [3.05, 3.63) is 0 Å². The first-order valence-electron chi connectivity index (χ1n) is 10.8. The molecule has 0 spiro atoms. The van der Waals surface area contributed by atoms with Gasteiger partial charge in [0.05, 0.1) is 6.04 Å². The third-order valence-electron chi connectivity index (χ3n) is 5.08. The fourth-order valence-electron chi connectivity index (χ4n) is 2.78. The Labute approximate surface area is 189 Å². The van der Waals surface area contributed by atoms with E-state index in [0.29, 0.717) is 25.8 Å². The largest absolute Gasteiger partial charge is 0.480 e. The van der Waals surface area contributed by atoms with Crippen molar-refractivity contribution in [2.24, 2.45) is 34.0 Å². The molecular formula is C20H39N7O5. The van der Waals surface area contributed by atoms with Crippen LogP contribution in [0.15, 0.2) is 4.99 Å². The molecule has 0 aliphatic carbocycles. The topological polar surface area (TPSA) is 215 Å². The van der Waals surface area contributed by atoms with E-state index in [4.69, 9.17) is 17.2 Å². The highest BCUT2D eigenvalue weighted by Crippen LogP contribution is 2.09. The predicted molar refractivity (Wildman–Crippen MR) is 121 cm³/mol. The minimum Gasteiger partial charge on any atom is -0.480 e. The molecule has 10 N–H and O–H groups in total. The van der Waals surface area contributed by atoms with Gasteiger partial charge in [-0.15, -0.1) is 0 Å². The second kappa shape index (κ2) is 14.2. The van der Waals surface area contributed by atoms with Crippen molar-refractivity contribution in [2.75, 3.05) is 6.54 Å². The Morgan fingerprint density at radius 1 is 0.906 bits per heavy atom. The molecule has 32 heavy (non-hydrogen) atoms. The van der Waals surface area contributed by atoms with Gasteiger partial charge < -0.3 is 38.3 Å². The molecule has 5 unspecified atom stereocenters. The third-order valence-corrected chi connectivity index (χ3v) is 5.08. The lowest BCUT2D eigenvalue weighted by molar-refractivity contribution is -0.143. The molecule has 0 aliphatic rings. The first-order valence-corrected chi connectivity index (χ1v) is 10.8. The average Bonchev–Trinajstić information content (AvgIpc) is 2.71. The van der Waals surface area contributed by atoms with Crippen LogP contribution < -0.4 is 33.2 Å². The molecular weight excluding hydrogens is 418 g/mol. The molecule has 0 saturated heterocycles. The van der Waals surface area contributed by atoms with Crippen LogP contribution in [0.2, 0.25) is 0 Å². The van der Waals surface area contributed by atoms with Crippen LogP contribution in [0.25, 0.3) is 0 Å². The molecule has 0 aliphatic heterocycles. The van der Waals surface area contributed by atoms with E-state index in [1.807, 2.05) is 6.92 Å². The van der Waals surface area contributed by atoms with Crippen molar-refractivity contribution in [1.29, 1.82) is 0 Å². The summed E-state index contributed by atoms with van der Waals surface area (Å²) >= 11 is 0. The number of nitrogens with zero attached hydrogens (tertiary/aromatic N) is 1. The molecule has 0 aromatic carbocycles. The Morgan fingerprint density at radius 2 is 1.47 bits per heavy atom. The number of guanidine groups is 1. The number of nitrogens with two attached hydrogens (primary N) is 3. The number of aliphatic carboxylic acids is 1. The van der Waals surface area contributed by atoms with Crippen molar-refractivity contribution < 1.29 is 24.3 Å². The number of nitrogens with one attached hydrogen (secondary N) is 3. The summed E-state index contributed by atoms with van der Waals surface area (Å²) in [5, 5.41) is 16.9. The molecule has 12 heteroatoms. The minimum atomic E-state index is -1.15. The van der Waals surface area contributed by atoms with Gasteiger partial charge in [-0.2, -0.15) is 0 Å².